The standard InChI is InChI=1S/C10H23NO/c1-4-7-9-11(8-5-2)10-12-6-3/h4-10H2,1-3H3. The third kappa shape index (κ3) is 6.62. The van der Waals surface area contributed by atoms with Gasteiger partial charge in [-0.1, -0.05) is 20.3 Å². The SMILES string of the molecule is CCCCN(CCC)COCC. The van der Waals surface area contributed by atoms with Crippen LogP contribution in [0.4, 0.5) is 0 Å². The van der Waals surface area contributed by atoms with E-state index in [0.717, 1.165) is 13.3 Å². The van der Waals surface area contributed by atoms with Crippen LogP contribution in [0.5, 0.6) is 0 Å². The summed E-state index contributed by atoms with van der Waals surface area (Å²) in [4.78, 5) is 2.38. The minimum Gasteiger partial charge on any atom is -0.366 e. The fourth-order valence-electron chi connectivity index (χ4n) is 1.16. The highest BCUT2D eigenvalue weighted by atomic mass is 16.5. The third-order valence-electron chi connectivity index (χ3n) is 1.85. The molecule has 0 aromatic rings. The average Bonchev–Trinajstić information content (AvgIpc) is 2.10. The molecule has 0 aliphatic rings. The number of hydrogen-bond donors (Lipinski definition) is 0. The van der Waals surface area contributed by atoms with Gasteiger partial charge in [-0.2, -0.15) is 0 Å². The van der Waals surface area contributed by atoms with E-state index in [0.29, 0.717) is 0 Å². The molecule has 0 spiro atoms. The fraction of sp³-hybridized carbons (Fsp3) is 1.00. The highest BCUT2D eigenvalue weighted by Gasteiger charge is 2.01. The molecule has 0 amide bonds. The van der Waals surface area contributed by atoms with Gasteiger partial charge in [-0.25, -0.2) is 0 Å². The maximum atomic E-state index is 5.37. The average molecular weight is 173 g/mol. The molecule has 2 nitrogen and oxygen atoms in total. The van der Waals surface area contributed by atoms with Crippen molar-refractivity contribution in [1.29, 1.82) is 0 Å². The van der Waals surface area contributed by atoms with E-state index in [2.05, 4.69) is 18.7 Å². The van der Waals surface area contributed by atoms with Gasteiger partial charge in [-0.3, -0.25) is 4.90 Å². The Balaban J connectivity index is 3.40. The van der Waals surface area contributed by atoms with Gasteiger partial charge in [0.05, 0.1) is 6.73 Å². The zero-order chi connectivity index (χ0) is 9.23. The van der Waals surface area contributed by atoms with Crippen molar-refractivity contribution in [3.05, 3.63) is 0 Å². The molecule has 0 saturated heterocycles. The third-order valence-corrected chi connectivity index (χ3v) is 1.85. The van der Waals surface area contributed by atoms with E-state index >= 15 is 0 Å². The first-order chi connectivity index (χ1) is 5.85. The summed E-state index contributed by atoms with van der Waals surface area (Å²) < 4.78 is 5.37. The van der Waals surface area contributed by atoms with E-state index in [1.807, 2.05) is 6.92 Å². The number of unbranched alkanes of at least 4 members (excludes halogenated alkanes) is 1. The van der Waals surface area contributed by atoms with Gasteiger partial charge in [0.15, 0.2) is 0 Å². The molecule has 0 aliphatic heterocycles. The molecule has 0 heterocycles. The van der Waals surface area contributed by atoms with Crippen molar-refractivity contribution in [3.63, 3.8) is 0 Å². The Kier molecular flexibility index (Phi) is 8.95. The molecule has 0 saturated carbocycles. The maximum Gasteiger partial charge on any atom is 0.0990 e. The van der Waals surface area contributed by atoms with Crippen LogP contribution in [0.15, 0.2) is 0 Å². The summed E-state index contributed by atoms with van der Waals surface area (Å²) in [6, 6.07) is 0. The van der Waals surface area contributed by atoms with Crippen LogP contribution in [0.3, 0.4) is 0 Å². The fourth-order valence-corrected chi connectivity index (χ4v) is 1.16. The highest BCUT2D eigenvalue weighted by molar-refractivity contribution is 4.51. The molecule has 0 bridgehead atoms. The Morgan fingerprint density at radius 1 is 1.00 bits per heavy atom. The molecule has 0 aromatic carbocycles. The normalized spacial score (nSPS) is 11.0. The van der Waals surface area contributed by atoms with Gasteiger partial charge in [0.2, 0.25) is 0 Å². The van der Waals surface area contributed by atoms with Crippen molar-refractivity contribution in [2.45, 2.75) is 40.0 Å². The van der Waals surface area contributed by atoms with Crippen molar-refractivity contribution < 1.29 is 4.74 Å². The Hall–Kier alpha value is -0.0800. The highest BCUT2D eigenvalue weighted by Crippen LogP contribution is 1.96. The number of nitrogens with zero attached hydrogens (tertiary/aromatic N) is 1. The second-order valence-electron chi connectivity index (χ2n) is 3.09. The Bertz CT molecular complexity index is 77.9. The van der Waals surface area contributed by atoms with Crippen LogP contribution in [0.2, 0.25) is 0 Å². The molecule has 12 heavy (non-hydrogen) atoms. The monoisotopic (exact) mass is 173 g/mol. The smallest absolute Gasteiger partial charge is 0.0990 e. The van der Waals surface area contributed by atoms with Gasteiger partial charge in [-0.15, -0.1) is 0 Å². The van der Waals surface area contributed by atoms with E-state index < -0.39 is 0 Å². The van der Waals surface area contributed by atoms with Gasteiger partial charge >= 0.3 is 0 Å². The summed E-state index contributed by atoms with van der Waals surface area (Å²) >= 11 is 0. The van der Waals surface area contributed by atoms with Crippen LogP contribution in [0.1, 0.15) is 40.0 Å². The predicted octanol–water partition coefficient (Wildman–Crippen LogP) is 2.49. The molecule has 0 rings (SSSR count). The van der Waals surface area contributed by atoms with Gasteiger partial charge < -0.3 is 4.74 Å². The molecular formula is C10H23NO. The van der Waals surface area contributed by atoms with Crippen molar-refractivity contribution in [2.75, 3.05) is 26.4 Å². The van der Waals surface area contributed by atoms with Crippen molar-refractivity contribution >= 4 is 0 Å². The minimum absolute atomic E-state index is 0.810. The van der Waals surface area contributed by atoms with Gasteiger partial charge in [0.25, 0.3) is 0 Å². The minimum atomic E-state index is 0.810. The second-order valence-corrected chi connectivity index (χ2v) is 3.09. The van der Waals surface area contributed by atoms with Crippen molar-refractivity contribution in [3.8, 4) is 0 Å². The van der Waals surface area contributed by atoms with Crippen LogP contribution in [0.25, 0.3) is 0 Å². The molecule has 2 heteroatoms. The van der Waals surface area contributed by atoms with Crippen LogP contribution >= 0.6 is 0 Å². The zero-order valence-corrected chi connectivity index (χ0v) is 8.81. The lowest BCUT2D eigenvalue weighted by Gasteiger charge is -2.20. The lowest BCUT2D eigenvalue weighted by molar-refractivity contribution is 0.0348. The van der Waals surface area contributed by atoms with E-state index in [1.54, 1.807) is 0 Å². The molecule has 74 valence electrons. The van der Waals surface area contributed by atoms with Crippen LogP contribution in [-0.2, 0) is 4.74 Å². The lowest BCUT2D eigenvalue weighted by atomic mass is 10.3. The number of hydrogen-bond acceptors (Lipinski definition) is 2. The van der Waals surface area contributed by atoms with Crippen molar-refractivity contribution in [2.24, 2.45) is 0 Å². The Labute approximate surface area is 76.9 Å². The molecule has 0 unspecified atom stereocenters. The molecule has 0 fully saturated rings. The first kappa shape index (κ1) is 11.9. The quantitative estimate of drug-likeness (QED) is 0.523. The van der Waals surface area contributed by atoms with Gasteiger partial charge in [-0.05, 0) is 19.8 Å². The summed E-state index contributed by atoms with van der Waals surface area (Å²) in [5.74, 6) is 0. The lowest BCUT2D eigenvalue weighted by Crippen LogP contribution is -2.28. The first-order valence-electron chi connectivity index (χ1n) is 5.15. The number of rotatable bonds is 8. The van der Waals surface area contributed by atoms with E-state index in [1.165, 1.54) is 32.4 Å². The van der Waals surface area contributed by atoms with Gasteiger partial charge in [0, 0.05) is 19.7 Å². The Morgan fingerprint density at radius 3 is 2.25 bits per heavy atom. The molecule has 0 radical (unpaired) electrons. The molecule has 0 aromatic heterocycles. The maximum absolute atomic E-state index is 5.37. The topological polar surface area (TPSA) is 12.5 Å². The van der Waals surface area contributed by atoms with E-state index in [-0.39, 0.29) is 0 Å². The molecule has 0 aliphatic carbocycles. The van der Waals surface area contributed by atoms with Crippen LogP contribution in [-0.4, -0.2) is 31.3 Å². The second kappa shape index (κ2) is 9.01. The largest absolute Gasteiger partial charge is 0.366 e. The zero-order valence-electron chi connectivity index (χ0n) is 8.81. The molecular weight excluding hydrogens is 150 g/mol. The van der Waals surface area contributed by atoms with Gasteiger partial charge in [0.1, 0.15) is 0 Å². The summed E-state index contributed by atoms with van der Waals surface area (Å²) in [6.07, 6.45) is 3.77. The molecule has 0 atom stereocenters. The van der Waals surface area contributed by atoms with Crippen LogP contribution < -0.4 is 0 Å². The summed E-state index contributed by atoms with van der Waals surface area (Å²) in [5.41, 5.74) is 0. The van der Waals surface area contributed by atoms with E-state index in [4.69, 9.17) is 4.74 Å². The first-order valence-corrected chi connectivity index (χ1v) is 5.15. The van der Waals surface area contributed by atoms with E-state index in [9.17, 15) is 0 Å². The summed E-state index contributed by atoms with van der Waals surface area (Å²) in [6.45, 7) is 10.5. The van der Waals surface area contributed by atoms with Crippen LogP contribution in [0, 0.1) is 0 Å². The summed E-state index contributed by atoms with van der Waals surface area (Å²) in [5, 5.41) is 0. The Morgan fingerprint density at radius 2 is 1.75 bits per heavy atom. The van der Waals surface area contributed by atoms with Crippen molar-refractivity contribution in [1.82, 2.24) is 4.90 Å². The molecule has 0 N–H and O–H groups in total. The summed E-state index contributed by atoms with van der Waals surface area (Å²) in [7, 11) is 0. The number of ether oxygens (including phenoxy) is 1. The predicted molar refractivity (Wildman–Crippen MR) is 53.3 cm³/mol.